The highest BCUT2D eigenvalue weighted by molar-refractivity contribution is 6.32. The Morgan fingerprint density at radius 3 is 2.58 bits per heavy atom. The van der Waals surface area contributed by atoms with Gasteiger partial charge in [-0.2, -0.15) is 0 Å². The number of rotatable bonds is 5. The number of cyclic esters (lactones) is 1. The van der Waals surface area contributed by atoms with Crippen LogP contribution in [0.1, 0.15) is 46.5 Å². The molecule has 0 spiro atoms. The van der Waals surface area contributed by atoms with Crippen LogP contribution in [0.2, 0.25) is 0 Å². The van der Waals surface area contributed by atoms with Crippen LogP contribution < -0.4 is 16.4 Å². The normalized spacial score (nSPS) is 28.5. The van der Waals surface area contributed by atoms with Gasteiger partial charge in [-0.05, 0) is 18.3 Å². The number of carbonyl (C=O) groups excluding carboxylic acids is 4. The van der Waals surface area contributed by atoms with E-state index in [1.165, 1.54) is 4.90 Å². The average molecular weight is 483 g/mol. The van der Waals surface area contributed by atoms with Crippen molar-refractivity contribution in [3.63, 3.8) is 0 Å². The van der Waals surface area contributed by atoms with Crippen LogP contribution in [0.3, 0.4) is 0 Å². The van der Waals surface area contributed by atoms with Crippen LogP contribution in [0.5, 0.6) is 0 Å². The molecule has 3 amide bonds. The molecule has 10 nitrogen and oxygen atoms in total. The number of ether oxygens (including phenoxy) is 1. The van der Waals surface area contributed by atoms with Crippen LogP contribution >= 0.6 is 11.6 Å². The maximum Gasteiger partial charge on any atom is 0.310 e. The molecule has 33 heavy (non-hydrogen) atoms. The fourth-order valence-corrected chi connectivity index (χ4v) is 4.49. The molecule has 5 N–H and O–H groups in total. The first-order valence-electron chi connectivity index (χ1n) is 11.0. The molecule has 1 aliphatic carbocycles. The number of nitrogens with zero attached hydrogens (tertiary/aromatic N) is 1. The molecule has 0 saturated carbocycles. The minimum absolute atomic E-state index is 0.138. The van der Waals surface area contributed by atoms with Crippen LogP contribution in [0, 0.1) is 5.41 Å². The Labute approximate surface area is 197 Å². The monoisotopic (exact) mass is 482 g/mol. The largest absolute Gasteiger partial charge is 0.434 e. The Balaban J connectivity index is 1.74. The topological polar surface area (TPSA) is 151 Å². The zero-order valence-electron chi connectivity index (χ0n) is 19.0. The number of aliphatic hydroxyl groups is 1. The van der Waals surface area contributed by atoms with Crippen molar-refractivity contribution in [3.8, 4) is 0 Å². The van der Waals surface area contributed by atoms with Gasteiger partial charge in [-0.15, -0.1) is 0 Å². The van der Waals surface area contributed by atoms with Crippen LogP contribution in [0.4, 0.5) is 0 Å². The third-order valence-corrected chi connectivity index (χ3v) is 6.36. The second kappa shape index (κ2) is 9.82. The number of nitrogens with one attached hydrogen (secondary N) is 2. The number of aliphatic hydroxyl groups excluding tert-OH is 1. The molecule has 2 fully saturated rings. The second-order valence-electron chi connectivity index (χ2n) is 9.71. The van der Waals surface area contributed by atoms with E-state index in [-0.39, 0.29) is 23.9 Å². The lowest BCUT2D eigenvalue weighted by atomic mass is 9.85. The van der Waals surface area contributed by atoms with Crippen LogP contribution in [-0.2, 0) is 23.9 Å². The Kier molecular flexibility index (Phi) is 7.50. The van der Waals surface area contributed by atoms with Crippen molar-refractivity contribution >= 4 is 35.3 Å². The summed E-state index contributed by atoms with van der Waals surface area (Å²) in [6.45, 7) is 5.81. The molecule has 0 aromatic carbocycles. The van der Waals surface area contributed by atoms with E-state index in [1.807, 2.05) is 20.8 Å². The number of hydrogen-bond donors (Lipinski definition) is 4. The predicted molar refractivity (Wildman–Crippen MR) is 119 cm³/mol. The highest BCUT2D eigenvalue weighted by Gasteiger charge is 2.44. The number of carbonyl (C=O) groups is 4. The fraction of sp³-hybridized carbons (Fsp3) is 0.636. The third kappa shape index (κ3) is 5.74. The standard InChI is InChI=1S/C22H31ClN4O6/c1-22(2,3)17(26-18(29)12-7-6-11(24)9-13(12)23)20(31)27-8-4-5-15(27)19(30)25-14-10-16(28)33-21(14)32/h6-7,11,14-15,17,21,32H,4-5,8-10,24H2,1-3H3,(H,25,30)(H,26,29)/t11?,14-,15-,17+,21+/m0/s1. The van der Waals surface area contributed by atoms with E-state index in [4.69, 9.17) is 17.3 Å². The number of halogens is 1. The van der Waals surface area contributed by atoms with Gasteiger partial charge in [-0.25, -0.2) is 0 Å². The predicted octanol–water partition coefficient (Wildman–Crippen LogP) is 0.0385. The molecule has 0 radical (unpaired) electrons. The van der Waals surface area contributed by atoms with E-state index in [1.54, 1.807) is 12.2 Å². The van der Waals surface area contributed by atoms with Crippen molar-refractivity contribution < 1.29 is 29.0 Å². The van der Waals surface area contributed by atoms with Gasteiger partial charge in [0.1, 0.15) is 18.1 Å². The first-order chi connectivity index (χ1) is 15.4. The smallest absolute Gasteiger partial charge is 0.310 e. The Morgan fingerprint density at radius 2 is 2.00 bits per heavy atom. The molecule has 3 aliphatic rings. The summed E-state index contributed by atoms with van der Waals surface area (Å²) in [5, 5.41) is 15.5. The van der Waals surface area contributed by atoms with E-state index in [9.17, 15) is 24.3 Å². The number of likely N-dealkylation sites (tertiary alicyclic amines) is 1. The van der Waals surface area contributed by atoms with E-state index in [0.29, 0.717) is 30.8 Å². The van der Waals surface area contributed by atoms with Gasteiger partial charge in [0.2, 0.25) is 18.1 Å². The summed E-state index contributed by atoms with van der Waals surface area (Å²) in [7, 11) is 0. The Morgan fingerprint density at radius 1 is 1.30 bits per heavy atom. The van der Waals surface area contributed by atoms with E-state index >= 15 is 0 Å². The summed E-state index contributed by atoms with van der Waals surface area (Å²) < 4.78 is 4.66. The van der Waals surface area contributed by atoms with Crippen molar-refractivity contribution in [3.05, 3.63) is 22.8 Å². The van der Waals surface area contributed by atoms with E-state index < -0.39 is 47.6 Å². The lowest BCUT2D eigenvalue weighted by Crippen LogP contribution is -2.58. The summed E-state index contributed by atoms with van der Waals surface area (Å²) in [5.74, 6) is -1.95. The molecule has 0 aromatic rings. The first kappa shape index (κ1) is 25.2. The SMILES string of the molecule is CC(C)(C)[C@H](NC(=O)C1=C(Cl)CC(N)C=C1)C(=O)N1CCC[C@H]1C(=O)N[C@H]1CC(=O)O[C@H]1O. The maximum absolute atomic E-state index is 13.5. The molecule has 1 unspecified atom stereocenters. The van der Waals surface area contributed by atoms with Gasteiger partial charge >= 0.3 is 5.97 Å². The minimum Gasteiger partial charge on any atom is -0.434 e. The molecular formula is C22H31ClN4O6. The van der Waals surface area contributed by atoms with Gasteiger partial charge in [0.25, 0.3) is 5.91 Å². The van der Waals surface area contributed by atoms with Gasteiger partial charge in [0.05, 0.1) is 12.0 Å². The summed E-state index contributed by atoms with van der Waals surface area (Å²) in [6, 6.07) is -2.82. The van der Waals surface area contributed by atoms with Crippen molar-refractivity contribution in [1.82, 2.24) is 15.5 Å². The molecule has 2 saturated heterocycles. The summed E-state index contributed by atoms with van der Waals surface area (Å²) in [4.78, 5) is 52.1. The Hall–Kier alpha value is -2.43. The van der Waals surface area contributed by atoms with E-state index in [2.05, 4.69) is 15.4 Å². The summed E-state index contributed by atoms with van der Waals surface area (Å²) in [6.07, 6.45) is 3.05. The lowest BCUT2D eigenvalue weighted by molar-refractivity contribution is -0.155. The molecule has 5 atom stereocenters. The number of nitrogens with two attached hydrogens (primary N) is 1. The zero-order valence-corrected chi connectivity index (χ0v) is 19.7. The second-order valence-corrected chi connectivity index (χ2v) is 10.2. The van der Waals surface area contributed by atoms with Gasteiger partial charge in [-0.3, -0.25) is 19.2 Å². The molecule has 2 heterocycles. The van der Waals surface area contributed by atoms with Gasteiger partial charge in [-0.1, -0.05) is 44.5 Å². The van der Waals surface area contributed by atoms with Gasteiger partial charge in [0, 0.05) is 24.0 Å². The third-order valence-electron chi connectivity index (χ3n) is 6.00. The average Bonchev–Trinajstić information content (AvgIpc) is 3.31. The van der Waals surface area contributed by atoms with Gasteiger partial charge < -0.3 is 31.1 Å². The van der Waals surface area contributed by atoms with Crippen molar-refractivity contribution in [2.24, 2.45) is 11.1 Å². The van der Waals surface area contributed by atoms with Crippen LogP contribution in [-0.4, -0.2) is 70.7 Å². The molecule has 3 rings (SSSR count). The first-order valence-corrected chi connectivity index (χ1v) is 11.4. The minimum atomic E-state index is -1.41. The van der Waals surface area contributed by atoms with Crippen molar-refractivity contribution in [1.29, 1.82) is 0 Å². The number of hydrogen-bond acceptors (Lipinski definition) is 7. The zero-order chi connectivity index (χ0) is 24.5. The van der Waals surface area contributed by atoms with Crippen molar-refractivity contribution in [2.45, 2.75) is 76.9 Å². The maximum atomic E-state index is 13.5. The lowest BCUT2D eigenvalue weighted by Gasteiger charge is -2.36. The summed E-state index contributed by atoms with van der Waals surface area (Å²) >= 11 is 6.23. The number of esters is 1. The highest BCUT2D eigenvalue weighted by Crippen LogP contribution is 2.28. The molecule has 0 bridgehead atoms. The van der Waals surface area contributed by atoms with Gasteiger partial charge in [0.15, 0.2) is 0 Å². The molecule has 2 aliphatic heterocycles. The van der Waals surface area contributed by atoms with Crippen LogP contribution in [0.25, 0.3) is 0 Å². The summed E-state index contributed by atoms with van der Waals surface area (Å²) in [5.41, 5.74) is 5.44. The number of amides is 3. The molecule has 182 valence electrons. The molecule has 0 aromatic heterocycles. The fourth-order valence-electron chi connectivity index (χ4n) is 4.17. The molecule has 11 heteroatoms. The Bertz CT molecular complexity index is 896. The van der Waals surface area contributed by atoms with E-state index in [0.717, 1.165) is 0 Å². The van der Waals surface area contributed by atoms with Crippen molar-refractivity contribution in [2.75, 3.05) is 6.54 Å². The van der Waals surface area contributed by atoms with Crippen LogP contribution in [0.15, 0.2) is 22.8 Å². The molecular weight excluding hydrogens is 452 g/mol. The highest BCUT2D eigenvalue weighted by atomic mass is 35.5. The quantitative estimate of drug-likeness (QED) is 0.404.